The van der Waals surface area contributed by atoms with E-state index in [1.54, 1.807) is 54.5 Å². The van der Waals surface area contributed by atoms with Crippen LogP contribution >= 0.6 is 0 Å². The summed E-state index contributed by atoms with van der Waals surface area (Å²) in [6.07, 6.45) is 5.44. The number of aryl methyl sites for hydroxylation is 2. The number of carbonyl (C=O) groups is 3. The molecular formula is C39H43N5O4. The average molecular weight is 646 g/mol. The van der Waals surface area contributed by atoms with Gasteiger partial charge < -0.3 is 20.3 Å². The lowest BCUT2D eigenvalue weighted by Crippen LogP contribution is -2.38. The summed E-state index contributed by atoms with van der Waals surface area (Å²) in [7, 11) is 1.79. The molecule has 1 aliphatic carbocycles. The van der Waals surface area contributed by atoms with Gasteiger partial charge in [-0.15, -0.1) is 0 Å². The summed E-state index contributed by atoms with van der Waals surface area (Å²) in [6, 6.07) is 24.2. The third kappa shape index (κ3) is 7.98. The predicted octanol–water partition coefficient (Wildman–Crippen LogP) is 5.91. The maximum atomic E-state index is 13.5. The molecule has 0 bridgehead atoms. The van der Waals surface area contributed by atoms with Gasteiger partial charge in [-0.2, -0.15) is 0 Å². The highest BCUT2D eigenvalue weighted by molar-refractivity contribution is 6.08. The Hall–Kier alpha value is -4.86. The fraction of sp³-hybridized carbons (Fsp3) is 0.333. The second-order valence-corrected chi connectivity index (χ2v) is 12.7. The van der Waals surface area contributed by atoms with E-state index in [0.717, 1.165) is 64.1 Å². The van der Waals surface area contributed by atoms with Crippen LogP contribution in [0.4, 0.5) is 5.69 Å². The molecule has 2 heterocycles. The highest BCUT2D eigenvalue weighted by Crippen LogP contribution is 2.31. The molecule has 6 rings (SSSR count). The lowest BCUT2D eigenvalue weighted by molar-refractivity contribution is 0.0361. The number of amides is 3. The number of aromatic nitrogens is 1. The van der Waals surface area contributed by atoms with Crippen molar-refractivity contribution in [1.82, 2.24) is 20.1 Å². The summed E-state index contributed by atoms with van der Waals surface area (Å²) < 4.78 is 5.41. The average Bonchev–Trinajstić information content (AvgIpc) is 3.12. The normalized spacial score (nSPS) is 16.1. The first-order valence-electron chi connectivity index (χ1n) is 16.8. The zero-order valence-corrected chi connectivity index (χ0v) is 27.7. The number of nitrogens with zero attached hydrogens (tertiary/aromatic N) is 3. The fourth-order valence-corrected chi connectivity index (χ4v) is 6.51. The van der Waals surface area contributed by atoms with E-state index >= 15 is 0 Å². The number of benzene rings is 3. The Morgan fingerprint density at radius 1 is 0.917 bits per heavy atom. The van der Waals surface area contributed by atoms with Crippen LogP contribution in [0.3, 0.4) is 0 Å². The maximum absolute atomic E-state index is 13.5. The zero-order chi connectivity index (χ0) is 33.5. The van der Waals surface area contributed by atoms with Gasteiger partial charge in [0.2, 0.25) is 0 Å². The molecule has 3 amide bonds. The monoisotopic (exact) mass is 645 g/mol. The number of anilines is 1. The van der Waals surface area contributed by atoms with Crippen LogP contribution in [-0.4, -0.2) is 78.9 Å². The molecule has 48 heavy (non-hydrogen) atoms. The van der Waals surface area contributed by atoms with E-state index in [-0.39, 0.29) is 23.8 Å². The van der Waals surface area contributed by atoms with Gasteiger partial charge in [-0.25, -0.2) is 0 Å². The topological polar surface area (TPSA) is 104 Å². The van der Waals surface area contributed by atoms with Gasteiger partial charge in [0.1, 0.15) is 0 Å². The van der Waals surface area contributed by atoms with Crippen LogP contribution in [-0.2, 0) is 11.2 Å². The van der Waals surface area contributed by atoms with Crippen LogP contribution < -0.4 is 10.6 Å². The van der Waals surface area contributed by atoms with E-state index in [1.807, 2.05) is 37.3 Å². The molecule has 2 N–H and O–H groups in total. The molecule has 1 aromatic heterocycles. The summed E-state index contributed by atoms with van der Waals surface area (Å²) in [5.74, 6) is -0.626. The van der Waals surface area contributed by atoms with Crippen molar-refractivity contribution in [3.8, 4) is 11.3 Å². The molecule has 9 heteroatoms. The molecule has 1 fully saturated rings. The number of carbonyl (C=O) groups excluding carboxylic acids is 3. The Bertz CT molecular complexity index is 1780. The predicted molar refractivity (Wildman–Crippen MR) is 187 cm³/mol. The lowest BCUT2D eigenvalue weighted by atomic mass is 9.87. The Kier molecular flexibility index (Phi) is 10.6. The second kappa shape index (κ2) is 15.4. The number of morpholine rings is 1. The Morgan fingerprint density at radius 2 is 1.71 bits per heavy atom. The quantitative estimate of drug-likeness (QED) is 0.222. The van der Waals surface area contributed by atoms with Gasteiger partial charge in [0.05, 0.1) is 30.6 Å². The van der Waals surface area contributed by atoms with Crippen LogP contribution in [0.25, 0.3) is 11.3 Å². The number of rotatable bonds is 10. The summed E-state index contributed by atoms with van der Waals surface area (Å²) >= 11 is 0. The Balaban J connectivity index is 1.14. The van der Waals surface area contributed by atoms with E-state index in [4.69, 9.17) is 4.74 Å². The number of pyridine rings is 1. The van der Waals surface area contributed by atoms with Gasteiger partial charge in [0.15, 0.2) is 0 Å². The number of ether oxygens (including phenoxy) is 1. The van der Waals surface area contributed by atoms with Gasteiger partial charge in [0.25, 0.3) is 17.7 Å². The minimum atomic E-state index is -0.338. The fourth-order valence-electron chi connectivity index (χ4n) is 6.51. The van der Waals surface area contributed by atoms with Crippen LogP contribution in [0.15, 0.2) is 85.1 Å². The number of hydrogen-bond acceptors (Lipinski definition) is 6. The molecular weight excluding hydrogens is 602 g/mol. The summed E-state index contributed by atoms with van der Waals surface area (Å²) in [4.78, 5) is 48.8. The summed E-state index contributed by atoms with van der Waals surface area (Å²) in [5, 5.41) is 6.25. The van der Waals surface area contributed by atoms with Gasteiger partial charge in [-0.05, 0) is 86.2 Å². The standard InChI is InChI=1S/C39H43N5O4/c1-27-14-15-35(42-37(45)29-10-5-11-31(25-29)39(47)43(2)18-7-19-44-20-22-48-23-21-44)33(24-27)36-26-30(16-17-40-36)38(46)41-34-13-6-9-28-8-3-4-12-32(28)34/h3-5,8,10-12,14-17,24-26,34H,6-7,9,13,18-23H2,1-2H3,(H,41,46)(H,42,45)/t34-/m0/s1. The van der Waals surface area contributed by atoms with Crippen molar-refractivity contribution in [3.05, 3.63) is 118 Å². The van der Waals surface area contributed by atoms with E-state index in [2.05, 4.69) is 32.7 Å². The zero-order valence-electron chi connectivity index (χ0n) is 27.7. The van der Waals surface area contributed by atoms with Crippen molar-refractivity contribution < 1.29 is 19.1 Å². The number of fused-ring (bicyclic) bond motifs is 1. The molecule has 1 saturated heterocycles. The Morgan fingerprint density at radius 3 is 2.56 bits per heavy atom. The largest absolute Gasteiger partial charge is 0.379 e. The lowest BCUT2D eigenvalue weighted by Gasteiger charge is -2.27. The molecule has 0 radical (unpaired) electrons. The van der Waals surface area contributed by atoms with Crippen molar-refractivity contribution in [2.24, 2.45) is 0 Å². The number of nitrogens with one attached hydrogen (secondary N) is 2. The van der Waals surface area contributed by atoms with Gasteiger partial charge in [-0.3, -0.25) is 24.3 Å². The van der Waals surface area contributed by atoms with E-state index in [9.17, 15) is 14.4 Å². The molecule has 248 valence electrons. The van der Waals surface area contributed by atoms with Crippen LogP contribution in [0.1, 0.15) is 73.1 Å². The smallest absolute Gasteiger partial charge is 0.255 e. The highest BCUT2D eigenvalue weighted by Gasteiger charge is 2.23. The van der Waals surface area contributed by atoms with Crippen molar-refractivity contribution in [3.63, 3.8) is 0 Å². The second-order valence-electron chi connectivity index (χ2n) is 12.7. The number of hydrogen-bond donors (Lipinski definition) is 2. The first kappa shape index (κ1) is 33.1. The van der Waals surface area contributed by atoms with Crippen LogP contribution in [0.5, 0.6) is 0 Å². The maximum Gasteiger partial charge on any atom is 0.255 e. The van der Waals surface area contributed by atoms with Crippen molar-refractivity contribution in [2.75, 3.05) is 51.8 Å². The minimum Gasteiger partial charge on any atom is -0.379 e. The highest BCUT2D eigenvalue weighted by atomic mass is 16.5. The molecule has 1 aliphatic heterocycles. The van der Waals surface area contributed by atoms with Crippen molar-refractivity contribution in [2.45, 2.75) is 38.6 Å². The third-order valence-corrected chi connectivity index (χ3v) is 9.19. The molecule has 0 saturated carbocycles. The van der Waals surface area contributed by atoms with Crippen molar-refractivity contribution in [1.29, 1.82) is 0 Å². The van der Waals surface area contributed by atoms with Gasteiger partial charge in [0, 0.05) is 61.7 Å². The molecule has 2 aliphatic rings. The molecule has 4 aromatic rings. The molecule has 0 unspecified atom stereocenters. The van der Waals surface area contributed by atoms with E-state index in [0.29, 0.717) is 40.2 Å². The first-order chi connectivity index (χ1) is 23.4. The first-order valence-corrected chi connectivity index (χ1v) is 16.8. The van der Waals surface area contributed by atoms with Crippen LogP contribution in [0.2, 0.25) is 0 Å². The summed E-state index contributed by atoms with van der Waals surface area (Å²) in [6.45, 7) is 6.86. The Labute approximate surface area is 282 Å². The molecule has 3 aromatic carbocycles. The van der Waals surface area contributed by atoms with Crippen LogP contribution in [0, 0.1) is 6.92 Å². The SMILES string of the molecule is Cc1ccc(NC(=O)c2cccc(C(=O)N(C)CCCN3CCOCC3)c2)c(-c2cc(C(=O)N[C@H]3CCCc4ccccc43)ccn2)c1. The summed E-state index contributed by atoms with van der Waals surface area (Å²) in [5.41, 5.74) is 6.63. The molecule has 1 atom stereocenters. The third-order valence-electron chi connectivity index (χ3n) is 9.19. The van der Waals surface area contributed by atoms with Gasteiger partial charge in [-0.1, -0.05) is 42.0 Å². The minimum absolute atomic E-state index is 0.0367. The van der Waals surface area contributed by atoms with Crippen molar-refractivity contribution >= 4 is 23.4 Å². The molecule has 0 spiro atoms. The van der Waals surface area contributed by atoms with E-state index in [1.165, 1.54) is 11.1 Å². The van der Waals surface area contributed by atoms with Gasteiger partial charge >= 0.3 is 0 Å². The molecule has 9 nitrogen and oxygen atoms in total. The van der Waals surface area contributed by atoms with E-state index < -0.39 is 0 Å².